The average molecular weight is 487 g/mol. The molecule has 0 amide bonds. The topological polar surface area (TPSA) is 119 Å². The number of aryl methyl sites for hydroxylation is 3. The fraction of sp³-hybridized carbons (Fsp3) is 0.103. The second-order valence-electron chi connectivity index (χ2n) is 9.59. The molecule has 4 aromatic carbocycles. The number of aromatic amines is 1. The summed E-state index contributed by atoms with van der Waals surface area (Å²) in [6.07, 6.45) is 1.49. The Labute approximate surface area is 205 Å². The van der Waals surface area contributed by atoms with Crippen LogP contribution in [0.2, 0.25) is 0 Å². The number of rotatable bonds is 0. The maximum atomic E-state index is 14.1. The van der Waals surface area contributed by atoms with Crippen LogP contribution in [0.3, 0.4) is 0 Å². The maximum Gasteiger partial charge on any atom is 0.248 e. The molecule has 37 heavy (non-hydrogen) atoms. The Hall–Kier alpha value is -4.98. The average Bonchev–Trinajstić information content (AvgIpc) is 3.16. The molecule has 0 radical (unpaired) electrons. The molecule has 0 aliphatic heterocycles. The minimum Gasteiger partial charge on any atom is -0.343 e. The second kappa shape index (κ2) is 6.82. The predicted molar refractivity (Wildman–Crippen MR) is 146 cm³/mol. The van der Waals surface area contributed by atoms with Crippen LogP contribution < -0.4 is 27.3 Å². The molecule has 1 N–H and O–H groups in total. The first-order valence-electron chi connectivity index (χ1n) is 11.7. The highest BCUT2D eigenvalue weighted by molar-refractivity contribution is 6.33. The molecule has 0 spiro atoms. The van der Waals surface area contributed by atoms with Crippen molar-refractivity contribution < 1.29 is 0 Å². The van der Waals surface area contributed by atoms with Crippen molar-refractivity contribution >= 4 is 65.2 Å². The lowest BCUT2D eigenvalue weighted by Gasteiger charge is -2.10. The van der Waals surface area contributed by atoms with Crippen molar-refractivity contribution in [3.05, 3.63) is 105 Å². The summed E-state index contributed by atoms with van der Waals surface area (Å²) in [7, 11) is 1.77. The number of para-hydroxylation sites is 1. The molecule has 0 saturated heterocycles. The van der Waals surface area contributed by atoms with Crippen LogP contribution in [0.1, 0.15) is 11.1 Å². The fourth-order valence-electron chi connectivity index (χ4n) is 5.91. The monoisotopic (exact) mass is 487 g/mol. The van der Waals surface area contributed by atoms with Crippen molar-refractivity contribution in [3.8, 4) is 0 Å². The molecule has 178 valence electrons. The molecule has 3 heterocycles. The zero-order chi connectivity index (χ0) is 25.9. The van der Waals surface area contributed by atoms with Gasteiger partial charge >= 0.3 is 0 Å². The Balaban J connectivity index is 2.04. The van der Waals surface area contributed by atoms with E-state index in [1.54, 1.807) is 31.5 Å². The number of H-pyrrole nitrogens is 1. The molecule has 0 aliphatic carbocycles. The number of fused-ring (bicyclic) bond motifs is 10. The van der Waals surface area contributed by atoms with Crippen LogP contribution in [-0.4, -0.2) is 14.5 Å². The molecular formula is C29H17N3O5. The maximum absolute atomic E-state index is 14.1. The van der Waals surface area contributed by atoms with E-state index in [1.807, 2.05) is 24.3 Å². The lowest BCUT2D eigenvalue weighted by atomic mass is 9.92. The molecule has 0 unspecified atom stereocenters. The zero-order valence-corrected chi connectivity index (χ0v) is 20.0. The first kappa shape index (κ1) is 21.3. The Morgan fingerprint density at radius 1 is 0.730 bits per heavy atom. The molecule has 8 heteroatoms. The number of hydrogen-bond acceptors (Lipinski definition) is 6. The van der Waals surface area contributed by atoms with E-state index in [1.165, 1.54) is 12.3 Å². The summed E-state index contributed by atoms with van der Waals surface area (Å²) in [5, 5.41) is 1.19. The van der Waals surface area contributed by atoms with E-state index in [-0.39, 0.29) is 43.4 Å². The molecule has 0 aliphatic rings. The van der Waals surface area contributed by atoms with E-state index in [0.717, 1.165) is 5.52 Å². The highest BCUT2D eigenvalue weighted by Crippen LogP contribution is 2.37. The molecule has 0 atom stereocenters. The van der Waals surface area contributed by atoms with Crippen molar-refractivity contribution in [1.29, 1.82) is 0 Å². The zero-order valence-electron chi connectivity index (χ0n) is 20.0. The van der Waals surface area contributed by atoms with Crippen molar-refractivity contribution in [3.63, 3.8) is 0 Å². The van der Waals surface area contributed by atoms with Gasteiger partial charge in [0.2, 0.25) is 16.4 Å². The van der Waals surface area contributed by atoms with Crippen molar-refractivity contribution in [2.24, 2.45) is 7.05 Å². The van der Waals surface area contributed by atoms with Gasteiger partial charge in [0.25, 0.3) is 0 Å². The Kier molecular flexibility index (Phi) is 3.93. The highest BCUT2D eigenvalue weighted by atomic mass is 16.1. The normalized spacial score (nSPS) is 12.2. The molecular weight excluding hydrogens is 470 g/mol. The van der Waals surface area contributed by atoms with Gasteiger partial charge in [0.15, 0.2) is 10.9 Å². The van der Waals surface area contributed by atoms with Crippen LogP contribution in [0.25, 0.3) is 65.2 Å². The summed E-state index contributed by atoms with van der Waals surface area (Å²) in [6, 6.07) is 10.2. The van der Waals surface area contributed by atoms with Gasteiger partial charge in [0.1, 0.15) is 11.0 Å². The van der Waals surface area contributed by atoms with Crippen LogP contribution in [0, 0.1) is 13.8 Å². The fourth-order valence-corrected chi connectivity index (χ4v) is 5.91. The molecule has 8 nitrogen and oxygen atoms in total. The van der Waals surface area contributed by atoms with Crippen molar-refractivity contribution in [2.45, 2.75) is 13.8 Å². The predicted octanol–water partition coefficient (Wildman–Crippen LogP) is 2.96. The van der Waals surface area contributed by atoms with Gasteiger partial charge in [-0.15, -0.1) is 0 Å². The summed E-state index contributed by atoms with van der Waals surface area (Å²) in [5.74, 6) is 0. The molecule has 3 aromatic heterocycles. The summed E-state index contributed by atoms with van der Waals surface area (Å²) >= 11 is 0. The summed E-state index contributed by atoms with van der Waals surface area (Å²) in [6.45, 7) is 3.37. The van der Waals surface area contributed by atoms with Crippen molar-refractivity contribution in [2.75, 3.05) is 0 Å². The minimum atomic E-state index is -0.673. The third-order valence-electron chi connectivity index (χ3n) is 7.43. The molecule has 7 rings (SSSR count). The number of benzene rings is 4. The van der Waals surface area contributed by atoms with E-state index in [4.69, 9.17) is 0 Å². The quantitative estimate of drug-likeness (QED) is 0.260. The van der Waals surface area contributed by atoms with Gasteiger partial charge in [-0.3, -0.25) is 29.0 Å². The van der Waals surface area contributed by atoms with Gasteiger partial charge in [0, 0.05) is 51.8 Å². The molecule has 0 bridgehead atoms. The largest absolute Gasteiger partial charge is 0.343 e. The first-order chi connectivity index (χ1) is 17.7. The van der Waals surface area contributed by atoms with Crippen LogP contribution >= 0.6 is 0 Å². The first-order valence-corrected chi connectivity index (χ1v) is 11.7. The van der Waals surface area contributed by atoms with Crippen LogP contribution in [0.15, 0.2) is 66.6 Å². The highest BCUT2D eigenvalue weighted by Gasteiger charge is 2.27. The molecule has 0 fully saturated rings. The summed E-state index contributed by atoms with van der Waals surface area (Å²) in [4.78, 5) is 75.1. The van der Waals surface area contributed by atoms with Gasteiger partial charge < -0.3 is 9.55 Å². The van der Waals surface area contributed by atoms with E-state index in [2.05, 4.69) is 9.97 Å². The van der Waals surface area contributed by atoms with Gasteiger partial charge in [0.05, 0.1) is 21.7 Å². The van der Waals surface area contributed by atoms with E-state index < -0.39 is 27.3 Å². The van der Waals surface area contributed by atoms with E-state index >= 15 is 0 Å². The number of nitrogens with one attached hydrogen (secondary N) is 1. The Bertz CT molecular complexity index is 2490. The summed E-state index contributed by atoms with van der Waals surface area (Å²) in [5.41, 5.74) is -0.751. The van der Waals surface area contributed by atoms with Crippen LogP contribution in [0.4, 0.5) is 0 Å². The van der Waals surface area contributed by atoms with Crippen molar-refractivity contribution in [1.82, 2.24) is 14.5 Å². The third-order valence-corrected chi connectivity index (χ3v) is 7.43. The number of pyridine rings is 2. The lowest BCUT2D eigenvalue weighted by molar-refractivity contribution is 1.02. The summed E-state index contributed by atoms with van der Waals surface area (Å²) < 4.78 is 1.79. The van der Waals surface area contributed by atoms with E-state index in [9.17, 15) is 24.0 Å². The molecule has 7 aromatic rings. The SMILES string of the molecule is Cc1cnc2c(=O)c3c4c(=O)c5[nH]c(=O)cc(C)c5c(=O)c4c4c5ccccc5n(C)c4c3c(=O)c2c1. The standard InChI is InChI=1S/C29H17N3O5/c1-11-8-14-23(30-10-11)28(36)21-20-19(27(35)17-12(2)9-16(33)31-24(17)29(20)37)18-13-6-4-5-7-15(13)32(3)25(18)22(21)26(14)34/h4-10H,1-3H3,(H,31,33). The van der Waals surface area contributed by atoms with Gasteiger partial charge in [-0.1, -0.05) is 18.2 Å². The number of nitrogens with zero attached hydrogens (tertiary/aromatic N) is 2. The smallest absolute Gasteiger partial charge is 0.248 e. The molecule has 0 saturated carbocycles. The van der Waals surface area contributed by atoms with E-state index in [0.29, 0.717) is 27.4 Å². The van der Waals surface area contributed by atoms with Crippen LogP contribution in [0.5, 0.6) is 0 Å². The number of aromatic nitrogens is 3. The Morgan fingerprint density at radius 2 is 1.43 bits per heavy atom. The third kappa shape index (κ3) is 2.46. The van der Waals surface area contributed by atoms with Gasteiger partial charge in [-0.05, 0) is 37.1 Å². The minimum absolute atomic E-state index is 0.0628. The van der Waals surface area contributed by atoms with Gasteiger partial charge in [-0.2, -0.15) is 0 Å². The van der Waals surface area contributed by atoms with Gasteiger partial charge in [-0.25, -0.2) is 0 Å². The lowest BCUT2D eigenvalue weighted by Crippen LogP contribution is -2.23. The number of hydrogen-bond donors (Lipinski definition) is 1. The Morgan fingerprint density at radius 3 is 2.22 bits per heavy atom. The van der Waals surface area contributed by atoms with Crippen LogP contribution in [-0.2, 0) is 7.05 Å². The second-order valence-corrected chi connectivity index (χ2v) is 9.59.